The fraction of sp³-hybridized carbons (Fsp3) is 0.278. The monoisotopic (exact) mass is 495 g/mol. The minimum absolute atomic E-state index is 0.223. The summed E-state index contributed by atoms with van der Waals surface area (Å²) in [6, 6.07) is 10.0. The summed E-state index contributed by atoms with van der Waals surface area (Å²) in [6.45, 7) is 4.56. The van der Waals surface area contributed by atoms with Crippen molar-refractivity contribution >= 4 is 39.8 Å². The number of aromatic amines is 1. The van der Waals surface area contributed by atoms with Crippen LogP contribution in [0.1, 0.15) is 16.2 Å². The fourth-order valence-corrected chi connectivity index (χ4v) is 4.19. The van der Waals surface area contributed by atoms with Crippen LogP contribution < -0.4 is 5.43 Å². The van der Waals surface area contributed by atoms with Gasteiger partial charge in [0.2, 0.25) is 0 Å². The number of hydrogen-bond donors (Lipinski definition) is 2. The first-order chi connectivity index (χ1) is 13.1. The van der Waals surface area contributed by atoms with Crippen LogP contribution in [0.4, 0.5) is 0 Å². The molecular weight excluding hydrogens is 477 g/mol. The Bertz CT molecular complexity index is 947. The summed E-state index contributed by atoms with van der Waals surface area (Å²) < 4.78 is 6.48. The number of halogens is 1. The molecule has 3 heterocycles. The Balaban J connectivity index is 1.52. The Kier molecular flexibility index (Phi) is 5.53. The Morgan fingerprint density at radius 1 is 1.30 bits per heavy atom. The van der Waals surface area contributed by atoms with E-state index in [1.54, 1.807) is 17.4 Å². The Morgan fingerprint density at radius 2 is 2.04 bits per heavy atom. The number of rotatable bonds is 4. The second-order valence-electron chi connectivity index (χ2n) is 6.15. The molecule has 0 unspecified atom stereocenters. The van der Waals surface area contributed by atoms with Crippen LogP contribution in [-0.2, 0) is 4.74 Å². The number of benzene rings is 1. The molecular formula is C18H18IN5O2S. The van der Waals surface area contributed by atoms with Crippen molar-refractivity contribution in [2.45, 2.75) is 6.92 Å². The normalized spacial score (nSPS) is 15.0. The lowest BCUT2D eigenvalue weighted by molar-refractivity contribution is 0.0124. The van der Waals surface area contributed by atoms with Crippen LogP contribution in [0.3, 0.4) is 0 Å². The Hall–Kier alpha value is -1.82. The highest BCUT2D eigenvalue weighted by Crippen LogP contribution is 2.34. The van der Waals surface area contributed by atoms with E-state index in [-0.39, 0.29) is 5.91 Å². The number of H-pyrrole nitrogens is 1. The van der Waals surface area contributed by atoms with Gasteiger partial charge in [0.1, 0.15) is 5.01 Å². The quantitative estimate of drug-likeness (QED) is 0.544. The molecule has 2 aromatic heterocycles. The topological polar surface area (TPSA) is 83.1 Å². The van der Waals surface area contributed by atoms with E-state index in [0.29, 0.717) is 32.0 Å². The molecule has 0 radical (unpaired) electrons. The van der Waals surface area contributed by atoms with Gasteiger partial charge >= 0.3 is 0 Å². The second kappa shape index (κ2) is 8.05. The molecule has 0 bridgehead atoms. The van der Waals surface area contributed by atoms with Crippen molar-refractivity contribution in [2.24, 2.45) is 0 Å². The number of hydrazine groups is 1. The Morgan fingerprint density at radius 3 is 2.78 bits per heavy atom. The second-order valence-corrected chi connectivity index (χ2v) is 8.39. The summed E-state index contributed by atoms with van der Waals surface area (Å²) in [4.78, 5) is 18.1. The maximum Gasteiger partial charge on any atom is 0.286 e. The Labute approximate surface area is 174 Å². The van der Waals surface area contributed by atoms with Crippen molar-refractivity contribution in [3.05, 3.63) is 45.3 Å². The molecule has 1 saturated heterocycles. The number of thiazole rings is 1. The summed E-state index contributed by atoms with van der Waals surface area (Å²) in [5, 5.41) is 9.95. The van der Waals surface area contributed by atoms with Crippen molar-refractivity contribution in [3.63, 3.8) is 0 Å². The molecule has 1 aliphatic heterocycles. The summed E-state index contributed by atoms with van der Waals surface area (Å²) >= 11 is 3.88. The minimum Gasteiger partial charge on any atom is -0.379 e. The average molecular weight is 495 g/mol. The standard InChI is InChI=1S/C18H18IN5O2S/c1-11-16(27-18(20-11)12-2-4-13(19)5-3-12)14-10-15(22-21-14)17(25)23-24-6-8-26-9-7-24/h2-5,10H,6-9H2,1H3,(H,21,22)(H,23,25). The van der Waals surface area contributed by atoms with Gasteiger partial charge in [0.25, 0.3) is 5.91 Å². The third-order valence-corrected chi connectivity index (χ3v) is 6.17. The summed E-state index contributed by atoms with van der Waals surface area (Å²) in [5.74, 6) is -0.223. The molecule has 0 spiro atoms. The number of aromatic nitrogens is 3. The molecule has 1 fully saturated rings. The van der Waals surface area contributed by atoms with Crippen molar-refractivity contribution in [2.75, 3.05) is 26.3 Å². The van der Waals surface area contributed by atoms with Gasteiger partial charge in [0.15, 0.2) is 5.69 Å². The van der Waals surface area contributed by atoms with Crippen LogP contribution in [0, 0.1) is 10.5 Å². The molecule has 3 aromatic rings. The van der Waals surface area contributed by atoms with Crippen LogP contribution in [0.25, 0.3) is 21.1 Å². The largest absolute Gasteiger partial charge is 0.379 e. The van der Waals surface area contributed by atoms with Gasteiger partial charge in [-0.25, -0.2) is 9.99 Å². The highest BCUT2D eigenvalue weighted by Gasteiger charge is 2.19. The predicted octanol–water partition coefficient (Wildman–Crippen LogP) is 3.09. The van der Waals surface area contributed by atoms with Crippen molar-refractivity contribution in [1.29, 1.82) is 0 Å². The van der Waals surface area contributed by atoms with E-state index in [0.717, 1.165) is 26.8 Å². The summed E-state index contributed by atoms with van der Waals surface area (Å²) in [7, 11) is 0. The molecule has 0 saturated carbocycles. The van der Waals surface area contributed by atoms with Gasteiger partial charge in [-0.3, -0.25) is 15.3 Å². The van der Waals surface area contributed by atoms with Crippen molar-refractivity contribution < 1.29 is 9.53 Å². The van der Waals surface area contributed by atoms with E-state index in [1.807, 2.05) is 11.9 Å². The van der Waals surface area contributed by atoms with E-state index < -0.39 is 0 Å². The van der Waals surface area contributed by atoms with E-state index >= 15 is 0 Å². The van der Waals surface area contributed by atoms with Crippen LogP contribution in [-0.4, -0.2) is 52.4 Å². The highest BCUT2D eigenvalue weighted by molar-refractivity contribution is 14.1. The third kappa shape index (κ3) is 4.21. The van der Waals surface area contributed by atoms with Gasteiger partial charge in [-0.05, 0) is 47.7 Å². The zero-order valence-electron chi connectivity index (χ0n) is 14.7. The van der Waals surface area contributed by atoms with Gasteiger partial charge in [0, 0.05) is 22.2 Å². The first-order valence-corrected chi connectivity index (χ1v) is 10.4. The van der Waals surface area contributed by atoms with E-state index in [2.05, 4.69) is 67.5 Å². The molecule has 27 heavy (non-hydrogen) atoms. The van der Waals surface area contributed by atoms with Crippen LogP contribution in [0.2, 0.25) is 0 Å². The zero-order chi connectivity index (χ0) is 18.8. The molecule has 9 heteroatoms. The molecule has 2 N–H and O–H groups in total. The molecule has 4 rings (SSSR count). The molecule has 1 aromatic carbocycles. The minimum atomic E-state index is -0.223. The number of carbonyl (C=O) groups excluding carboxylic acids is 1. The van der Waals surface area contributed by atoms with Gasteiger partial charge < -0.3 is 4.74 Å². The van der Waals surface area contributed by atoms with E-state index in [1.165, 1.54) is 3.57 Å². The van der Waals surface area contributed by atoms with Crippen LogP contribution in [0.5, 0.6) is 0 Å². The molecule has 0 aliphatic carbocycles. The number of hydrogen-bond acceptors (Lipinski definition) is 6. The molecule has 140 valence electrons. The van der Waals surface area contributed by atoms with E-state index in [4.69, 9.17) is 4.74 Å². The number of morpholine rings is 1. The fourth-order valence-electron chi connectivity index (χ4n) is 2.79. The lowest BCUT2D eigenvalue weighted by atomic mass is 10.2. The maximum atomic E-state index is 12.4. The van der Waals surface area contributed by atoms with Crippen LogP contribution >= 0.6 is 33.9 Å². The number of carbonyl (C=O) groups is 1. The number of nitrogens with zero attached hydrogens (tertiary/aromatic N) is 3. The summed E-state index contributed by atoms with van der Waals surface area (Å²) in [6.07, 6.45) is 0. The molecule has 7 nitrogen and oxygen atoms in total. The van der Waals surface area contributed by atoms with Gasteiger partial charge in [0.05, 0.1) is 29.5 Å². The lowest BCUT2D eigenvalue weighted by Gasteiger charge is -2.26. The van der Waals surface area contributed by atoms with Gasteiger partial charge in [-0.2, -0.15) is 5.10 Å². The van der Waals surface area contributed by atoms with Crippen molar-refractivity contribution in [3.8, 4) is 21.1 Å². The number of amides is 1. The number of ether oxygens (including phenoxy) is 1. The van der Waals surface area contributed by atoms with Crippen molar-refractivity contribution in [1.82, 2.24) is 25.6 Å². The highest BCUT2D eigenvalue weighted by atomic mass is 127. The summed E-state index contributed by atoms with van der Waals surface area (Å²) in [5.41, 5.74) is 6.03. The molecule has 0 atom stereocenters. The number of nitrogens with one attached hydrogen (secondary N) is 2. The average Bonchev–Trinajstić information content (AvgIpc) is 3.30. The third-order valence-electron chi connectivity index (χ3n) is 4.21. The van der Waals surface area contributed by atoms with Crippen LogP contribution in [0.15, 0.2) is 30.3 Å². The molecule has 1 aliphatic rings. The predicted molar refractivity (Wildman–Crippen MR) is 112 cm³/mol. The first-order valence-electron chi connectivity index (χ1n) is 8.53. The molecule has 1 amide bonds. The van der Waals surface area contributed by atoms with Gasteiger partial charge in [-0.1, -0.05) is 12.1 Å². The number of aryl methyl sites for hydroxylation is 1. The van der Waals surface area contributed by atoms with E-state index in [9.17, 15) is 4.79 Å². The first kappa shape index (κ1) is 18.5. The SMILES string of the molecule is Cc1nc(-c2ccc(I)cc2)sc1-c1cc(C(=O)NN2CCOCC2)n[nH]1. The maximum absolute atomic E-state index is 12.4. The van der Waals surface area contributed by atoms with Gasteiger partial charge in [-0.15, -0.1) is 11.3 Å². The smallest absolute Gasteiger partial charge is 0.286 e. The zero-order valence-corrected chi connectivity index (χ0v) is 17.6. The lowest BCUT2D eigenvalue weighted by Crippen LogP contribution is -2.48.